The van der Waals surface area contributed by atoms with Crippen molar-refractivity contribution in [1.29, 1.82) is 0 Å². The zero-order valence-electron chi connectivity index (χ0n) is 13.3. The Morgan fingerprint density at radius 2 is 2.04 bits per heavy atom. The Labute approximate surface area is 137 Å². The summed E-state index contributed by atoms with van der Waals surface area (Å²) in [5.74, 6) is 1.12. The van der Waals surface area contributed by atoms with E-state index in [9.17, 15) is 4.79 Å². The van der Waals surface area contributed by atoms with Crippen LogP contribution in [0.3, 0.4) is 0 Å². The van der Waals surface area contributed by atoms with Crippen LogP contribution in [-0.2, 0) is 6.54 Å². The summed E-state index contributed by atoms with van der Waals surface area (Å²) >= 11 is 0. The van der Waals surface area contributed by atoms with E-state index in [4.69, 9.17) is 0 Å². The van der Waals surface area contributed by atoms with E-state index in [-0.39, 0.29) is 11.7 Å². The third kappa shape index (κ3) is 2.37. The summed E-state index contributed by atoms with van der Waals surface area (Å²) in [5, 5.41) is 7.93. The molecule has 0 atom stereocenters. The summed E-state index contributed by atoms with van der Waals surface area (Å²) in [4.78, 5) is 26.2. The van der Waals surface area contributed by atoms with Crippen LogP contribution in [0, 0.1) is 6.92 Å². The fraction of sp³-hybridized carbons (Fsp3) is 0.188. The first kappa shape index (κ1) is 14.3. The second-order valence-corrected chi connectivity index (χ2v) is 5.62. The molecule has 0 radical (unpaired) electrons. The zero-order chi connectivity index (χ0) is 16.7. The van der Waals surface area contributed by atoms with Crippen LogP contribution in [0.15, 0.2) is 36.5 Å². The highest BCUT2D eigenvalue weighted by molar-refractivity contribution is 5.91. The van der Waals surface area contributed by atoms with Gasteiger partial charge in [0.15, 0.2) is 0 Å². The average Bonchev–Trinajstić information content (AvgIpc) is 3.16. The number of carbonyl (C=O) groups excluding carboxylic acids is 1. The number of rotatable bonds is 3. The van der Waals surface area contributed by atoms with Gasteiger partial charge in [0.25, 0.3) is 11.7 Å². The lowest BCUT2D eigenvalue weighted by atomic mass is 10.3. The number of imidazole rings is 1. The van der Waals surface area contributed by atoms with Crippen LogP contribution in [0.4, 0.5) is 0 Å². The smallest absolute Gasteiger partial charge is 0.292 e. The number of hydrogen-bond acceptors (Lipinski definition) is 5. The standard InChI is InChI=1S/C16H15N7O/c1-10-7-8-23-14(20-21-16(23)17-10)15(24)22(2)9-13-18-11-5-3-4-6-12(11)19-13/h3-8H,9H2,1-2H3,(H,18,19). The lowest BCUT2D eigenvalue weighted by molar-refractivity contribution is 0.0768. The Bertz CT molecular complexity index is 1020. The molecule has 0 unspecified atom stereocenters. The van der Waals surface area contributed by atoms with Crippen LogP contribution >= 0.6 is 0 Å². The van der Waals surface area contributed by atoms with Gasteiger partial charge in [-0.05, 0) is 25.1 Å². The number of benzene rings is 1. The molecule has 1 N–H and O–H groups in total. The summed E-state index contributed by atoms with van der Waals surface area (Å²) < 4.78 is 1.59. The predicted molar refractivity (Wildman–Crippen MR) is 87.4 cm³/mol. The Hall–Kier alpha value is -3.29. The van der Waals surface area contributed by atoms with Gasteiger partial charge in [0.2, 0.25) is 5.82 Å². The normalized spacial score (nSPS) is 11.2. The number of aromatic amines is 1. The monoisotopic (exact) mass is 321 g/mol. The molecule has 0 aliphatic rings. The van der Waals surface area contributed by atoms with E-state index in [1.807, 2.05) is 37.3 Å². The van der Waals surface area contributed by atoms with Crippen LogP contribution in [-0.4, -0.2) is 47.4 Å². The first-order valence-corrected chi connectivity index (χ1v) is 7.49. The van der Waals surface area contributed by atoms with E-state index in [1.165, 1.54) is 0 Å². The second kappa shape index (κ2) is 5.41. The van der Waals surface area contributed by atoms with Gasteiger partial charge < -0.3 is 9.88 Å². The molecule has 1 amide bonds. The molecular formula is C16H15N7O. The molecule has 0 fully saturated rings. The molecule has 3 aromatic heterocycles. The van der Waals surface area contributed by atoms with Crippen molar-refractivity contribution in [1.82, 2.24) is 34.4 Å². The molecule has 24 heavy (non-hydrogen) atoms. The van der Waals surface area contributed by atoms with Crippen LogP contribution in [0.1, 0.15) is 22.1 Å². The summed E-state index contributed by atoms with van der Waals surface area (Å²) in [7, 11) is 1.71. The molecule has 3 heterocycles. The number of aryl methyl sites for hydroxylation is 1. The number of amides is 1. The Kier molecular flexibility index (Phi) is 3.23. The molecular weight excluding hydrogens is 306 g/mol. The number of fused-ring (bicyclic) bond motifs is 2. The third-order valence-corrected chi connectivity index (χ3v) is 3.78. The maximum Gasteiger partial charge on any atom is 0.292 e. The Balaban J connectivity index is 1.60. The van der Waals surface area contributed by atoms with Crippen LogP contribution < -0.4 is 0 Å². The number of H-pyrrole nitrogens is 1. The molecule has 4 aromatic rings. The summed E-state index contributed by atoms with van der Waals surface area (Å²) in [6, 6.07) is 9.56. The molecule has 1 aromatic carbocycles. The molecule has 8 heteroatoms. The Morgan fingerprint density at radius 1 is 1.21 bits per heavy atom. The van der Waals surface area contributed by atoms with E-state index in [0.29, 0.717) is 12.3 Å². The molecule has 0 aliphatic heterocycles. The Morgan fingerprint density at radius 3 is 2.88 bits per heavy atom. The van der Waals surface area contributed by atoms with Gasteiger partial charge in [-0.25, -0.2) is 9.97 Å². The van der Waals surface area contributed by atoms with Gasteiger partial charge in [-0.15, -0.1) is 10.2 Å². The molecule has 120 valence electrons. The lowest BCUT2D eigenvalue weighted by Gasteiger charge is -2.14. The van der Waals surface area contributed by atoms with Gasteiger partial charge in [-0.2, -0.15) is 0 Å². The van der Waals surface area contributed by atoms with Crippen LogP contribution in [0.25, 0.3) is 16.8 Å². The first-order valence-electron chi connectivity index (χ1n) is 7.49. The van der Waals surface area contributed by atoms with Crippen molar-refractivity contribution in [2.24, 2.45) is 0 Å². The average molecular weight is 321 g/mol. The van der Waals surface area contributed by atoms with E-state index in [2.05, 4.69) is 25.1 Å². The zero-order valence-corrected chi connectivity index (χ0v) is 13.3. The summed E-state index contributed by atoms with van der Waals surface area (Å²) in [6.45, 7) is 2.21. The summed E-state index contributed by atoms with van der Waals surface area (Å²) in [6.07, 6.45) is 1.75. The van der Waals surface area contributed by atoms with E-state index < -0.39 is 0 Å². The lowest BCUT2D eigenvalue weighted by Crippen LogP contribution is -2.28. The summed E-state index contributed by atoms with van der Waals surface area (Å²) in [5.41, 5.74) is 2.64. The van der Waals surface area contributed by atoms with Gasteiger partial charge in [-0.3, -0.25) is 9.20 Å². The third-order valence-electron chi connectivity index (χ3n) is 3.78. The minimum atomic E-state index is -0.242. The van der Waals surface area contributed by atoms with E-state index >= 15 is 0 Å². The number of aromatic nitrogens is 6. The molecule has 0 saturated heterocycles. The number of para-hydroxylation sites is 2. The topological polar surface area (TPSA) is 92.1 Å². The predicted octanol–water partition coefficient (Wildman–Crippen LogP) is 1.58. The molecule has 0 saturated carbocycles. The highest BCUT2D eigenvalue weighted by atomic mass is 16.2. The fourth-order valence-corrected chi connectivity index (χ4v) is 2.57. The number of nitrogens with one attached hydrogen (secondary N) is 1. The van der Waals surface area contributed by atoms with E-state index in [1.54, 1.807) is 22.5 Å². The SMILES string of the molecule is Cc1ccn2c(C(=O)N(C)Cc3nc4ccccc4[nH]3)nnc2n1. The second-order valence-electron chi connectivity index (χ2n) is 5.62. The quantitative estimate of drug-likeness (QED) is 0.618. The minimum absolute atomic E-state index is 0.233. The molecule has 4 rings (SSSR count). The maximum absolute atomic E-state index is 12.7. The largest absolute Gasteiger partial charge is 0.340 e. The van der Waals surface area contributed by atoms with Crippen molar-refractivity contribution in [2.45, 2.75) is 13.5 Å². The minimum Gasteiger partial charge on any atom is -0.340 e. The van der Waals surface area contributed by atoms with Gasteiger partial charge in [0, 0.05) is 18.9 Å². The van der Waals surface area contributed by atoms with Crippen molar-refractivity contribution in [3.63, 3.8) is 0 Å². The van der Waals surface area contributed by atoms with Crippen LogP contribution in [0.2, 0.25) is 0 Å². The van der Waals surface area contributed by atoms with Crippen molar-refractivity contribution >= 4 is 22.7 Å². The fourth-order valence-electron chi connectivity index (χ4n) is 2.57. The number of nitrogens with zero attached hydrogens (tertiary/aromatic N) is 6. The maximum atomic E-state index is 12.7. The van der Waals surface area contributed by atoms with Gasteiger partial charge in [-0.1, -0.05) is 12.1 Å². The highest BCUT2D eigenvalue weighted by Crippen LogP contribution is 2.12. The van der Waals surface area contributed by atoms with Crippen molar-refractivity contribution < 1.29 is 4.79 Å². The molecule has 0 aliphatic carbocycles. The first-order chi connectivity index (χ1) is 11.6. The van der Waals surface area contributed by atoms with Gasteiger partial charge in [0.1, 0.15) is 5.82 Å². The van der Waals surface area contributed by atoms with Crippen LogP contribution in [0.5, 0.6) is 0 Å². The van der Waals surface area contributed by atoms with Crippen molar-refractivity contribution in [2.75, 3.05) is 7.05 Å². The van der Waals surface area contributed by atoms with E-state index in [0.717, 1.165) is 22.6 Å². The number of hydrogen-bond donors (Lipinski definition) is 1. The van der Waals surface area contributed by atoms with Gasteiger partial charge >= 0.3 is 0 Å². The van der Waals surface area contributed by atoms with Gasteiger partial charge in [0.05, 0.1) is 17.6 Å². The van der Waals surface area contributed by atoms with Crippen molar-refractivity contribution in [3.8, 4) is 0 Å². The number of carbonyl (C=O) groups is 1. The molecule has 0 spiro atoms. The van der Waals surface area contributed by atoms with Crippen molar-refractivity contribution in [3.05, 3.63) is 53.9 Å². The highest BCUT2D eigenvalue weighted by Gasteiger charge is 2.20. The molecule has 8 nitrogen and oxygen atoms in total. The molecule has 0 bridgehead atoms.